The van der Waals surface area contributed by atoms with E-state index in [1.807, 2.05) is 0 Å². The van der Waals surface area contributed by atoms with Crippen molar-refractivity contribution in [1.29, 1.82) is 0 Å². The first-order valence-electron chi connectivity index (χ1n) is 9.19. The lowest BCUT2D eigenvalue weighted by Gasteiger charge is -2.09. The van der Waals surface area contributed by atoms with Crippen molar-refractivity contribution in [2.75, 3.05) is 17.2 Å². The summed E-state index contributed by atoms with van der Waals surface area (Å²) in [4.78, 5) is 16.7. The minimum absolute atomic E-state index is 0.0552. The first kappa shape index (κ1) is 25.5. The maximum absolute atomic E-state index is 13.6. The first-order valence-corrected chi connectivity index (χ1v) is 11.5. The Hall–Kier alpha value is -3.17. The Morgan fingerprint density at radius 1 is 0.971 bits per heavy atom. The molecule has 0 fully saturated rings. The number of rotatable bonds is 7. The van der Waals surface area contributed by atoms with Gasteiger partial charge in [0.25, 0.3) is 0 Å². The van der Waals surface area contributed by atoms with Gasteiger partial charge in [0.05, 0.1) is 15.6 Å². The minimum Gasteiger partial charge on any atom is -0.308 e. The average molecular weight is 524 g/mol. The Labute approximate surface area is 192 Å². The van der Waals surface area contributed by atoms with E-state index in [0.717, 1.165) is 11.3 Å². The summed E-state index contributed by atoms with van der Waals surface area (Å²) >= 11 is 1.13. The molecule has 0 bridgehead atoms. The van der Waals surface area contributed by atoms with Gasteiger partial charge in [-0.15, -0.1) is 11.3 Å². The van der Waals surface area contributed by atoms with E-state index in [4.69, 9.17) is 0 Å². The number of aromatic nitrogens is 1. The van der Waals surface area contributed by atoms with Gasteiger partial charge in [0.2, 0.25) is 0 Å². The van der Waals surface area contributed by atoms with Crippen molar-refractivity contribution in [3.05, 3.63) is 65.1 Å². The molecule has 2 aromatic carbocycles. The average Bonchev–Trinajstić information content (AvgIpc) is 3.20. The van der Waals surface area contributed by atoms with Crippen LogP contribution in [0.4, 0.5) is 42.5 Å². The number of halogens is 6. The summed E-state index contributed by atoms with van der Waals surface area (Å²) in [6.45, 7) is -0.481. The van der Waals surface area contributed by atoms with Gasteiger partial charge in [-0.2, -0.15) is 13.2 Å². The lowest BCUT2D eigenvalue weighted by molar-refractivity contribution is -0.0447. The van der Waals surface area contributed by atoms with Crippen molar-refractivity contribution < 1.29 is 39.6 Å². The van der Waals surface area contributed by atoms with Crippen LogP contribution in [-0.4, -0.2) is 31.5 Å². The van der Waals surface area contributed by atoms with E-state index in [1.54, 1.807) is 12.1 Å². The van der Waals surface area contributed by atoms with Gasteiger partial charge < -0.3 is 10.6 Å². The number of benzene rings is 2. The molecule has 0 spiro atoms. The summed E-state index contributed by atoms with van der Waals surface area (Å²) < 4.78 is 100. The standard InChI is InChI=1S/C19H14F6N4O3S2/c20-12-7-14(22)15(8-13(12)21)29-18(30)28-11-3-1-10(2-4-11)16-9-26-17(33-16)5-6-27-34(31,32)19(23,24)25/h1-4,7-9,27H,5-6H2,(H2,28,29,30). The van der Waals surface area contributed by atoms with Crippen LogP contribution in [0.2, 0.25) is 0 Å². The maximum Gasteiger partial charge on any atom is 0.511 e. The number of amides is 2. The van der Waals surface area contributed by atoms with Crippen LogP contribution < -0.4 is 15.4 Å². The van der Waals surface area contributed by atoms with Crippen molar-refractivity contribution >= 4 is 38.8 Å². The van der Waals surface area contributed by atoms with E-state index >= 15 is 0 Å². The molecule has 1 heterocycles. The number of sulfonamides is 1. The van der Waals surface area contributed by atoms with Crippen LogP contribution in [0.5, 0.6) is 0 Å². The number of carbonyl (C=O) groups excluding carboxylic acids is 1. The molecule has 3 rings (SSSR count). The summed E-state index contributed by atoms with van der Waals surface area (Å²) in [5.74, 6) is -3.88. The normalized spacial score (nSPS) is 11.9. The van der Waals surface area contributed by atoms with E-state index in [2.05, 4.69) is 15.6 Å². The number of anilines is 2. The summed E-state index contributed by atoms with van der Waals surface area (Å²) in [7, 11) is -5.42. The van der Waals surface area contributed by atoms with Gasteiger partial charge in [0, 0.05) is 37.0 Å². The molecule has 7 nitrogen and oxygen atoms in total. The second-order valence-electron chi connectivity index (χ2n) is 6.61. The number of nitrogens with zero attached hydrogens (tertiary/aromatic N) is 1. The van der Waals surface area contributed by atoms with E-state index < -0.39 is 51.2 Å². The molecule has 0 saturated carbocycles. The SMILES string of the molecule is O=C(Nc1ccc(-c2cnc(CCNS(=O)(=O)C(F)(F)F)s2)cc1)Nc1cc(F)c(F)cc1F. The number of hydrogen-bond donors (Lipinski definition) is 3. The first-order chi connectivity index (χ1) is 15.9. The maximum atomic E-state index is 13.6. The molecule has 0 unspecified atom stereocenters. The third-order valence-electron chi connectivity index (χ3n) is 4.17. The molecular weight excluding hydrogens is 510 g/mol. The van der Waals surface area contributed by atoms with Crippen molar-refractivity contribution in [2.24, 2.45) is 0 Å². The lowest BCUT2D eigenvalue weighted by atomic mass is 10.2. The van der Waals surface area contributed by atoms with Crippen LogP contribution in [0.1, 0.15) is 5.01 Å². The van der Waals surface area contributed by atoms with Crippen molar-refractivity contribution in [3.8, 4) is 10.4 Å². The Balaban J connectivity index is 1.57. The number of carbonyl (C=O) groups is 1. The predicted octanol–water partition coefficient (Wildman–Crippen LogP) is 4.85. The van der Waals surface area contributed by atoms with E-state index in [-0.39, 0.29) is 12.1 Å². The summed E-state index contributed by atoms with van der Waals surface area (Å²) in [5.41, 5.74) is -5.01. The topological polar surface area (TPSA) is 100 Å². The van der Waals surface area contributed by atoms with Gasteiger partial charge in [-0.1, -0.05) is 12.1 Å². The highest BCUT2D eigenvalue weighted by molar-refractivity contribution is 7.90. The van der Waals surface area contributed by atoms with Gasteiger partial charge in [-0.05, 0) is 17.7 Å². The quantitative estimate of drug-likeness (QED) is 0.304. The number of hydrogen-bond acceptors (Lipinski definition) is 5. The van der Waals surface area contributed by atoms with Gasteiger partial charge in [-0.3, -0.25) is 0 Å². The molecular formula is C19H14F6N4O3S2. The molecule has 0 atom stereocenters. The van der Waals surface area contributed by atoms with E-state index in [0.29, 0.717) is 27.6 Å². The van der Waals surface area contributed by atoms with Crippen LogP contribution in [0, 0.1) is 17.5 Å². The summed E-state index contributed by atoms with van der Waals surface area (Å²) in [6.07, 6.45) is 1.40. The molecule has 0 aliphatic heterocycles. The summed E-state index contributed by atoms with van der Waals surface area (Å²) in [6, 6.07) is 6.08. The monoisotopic (exact) mass is 524 g/mol. The Morgan fingerprint density at radius 2 is 1.62 bits per heavy atom. The van der Waals surface area contributed by atoms with Crippen LogP contribution >= 0.6 is 11.3 Å². The second-order valence-corrected chi connectivity index (χ2v) is 9.49. The third-order valence-corrected chi connectivity index (χ3v) is 6.47. The number of nitrogens with one attached hydrogen (secondary N) is 3. The van der Waals surface area contributed by atoms with Crippen molar-refractivity contribution in [3.63, 3.8) is 0 Å². The Bertz CT molecular complexity index is 1290. The molecule has 3 aromatic rings. The smallest absolute Gasteiger partial charge is 0.308 e. The fraction of sp³-hybridized carbons (Fsp3) is 0.158. The van der Waals surface area contributed by atoms with Crippen LogP contribution in [-0.2, 0) is 16.4 Å². The van der Waals surface area contributed by atoms with Gasteiger partial charge in [0.15, 0.2) is 11.6 Å². The third kappa shape index (κ3) is 6.24. The Kier molecular flexibility index (Phi) is 7.48. The minimum atomic E-state index is -5.42. The molecule has 0 radical (unpaired) electrons. The molecule has 182 valence electrons. The molecule has 34 heavy (non-hydrogen) atoms. The Morgan fingerprint density at radius 3 is 2.26 bits per heavy atom. The van der Waals surface area contributed by atoms with Gasteiger partial charge >= 0.3 is 21.6 Å². The van der Waals surface area contributed by atoms with Gasteiger partial charge in [0.1, 0.15) is 5.82 Å². The molecule has 0 aliphatic carbocycles. The largest absolute Gasteiger partial charge is 0.511 e. The highest BCUT2D eigenvalue weighted by atomic mass is 32.2. The zero-order valence-electron chi connectivity index (χ0n) is 16.7. The summed E-state index contributed by atoms with van der Waals surface area (Å²) in [5, 5.41) is 4.84. The van der Waals surface area contributed by atoms with Crippen molar-refractivity contribution in [1.82, 2.24) is 9.71 Å². The zero-order chi connectivity index (χ0) is 25.1. The molecule has 15 heteroatoms. The van der Waals surface area contributed by atoms with Gasteiger partial charge in [-0.25, -0.2) is 36.1 Å². The van der Waals surface area contributed by atoms with E-state index in [1.165, 1.54) is 23.1 Å². The number of thiazole rings is 1. The molecule has 0 aliphatic rings. The highest BCUT2D eigenvalue weighted by Crippen LogP contribution is 2.28. The highest BCUT2D eigenvalue weighted by Gasteiger charge is 2.45. The number of urea groups is 1. The zero-order valence-corrected chi connectivity index (χ0v) is 18.3. The second kappa shape index (κ2) is 9.99. The molecule has 1 aromatic heterocycles. The fourth-order valence-corrected chi connectivity index (χ4v) is 4.01. The predicted molar refractivity (Wildman–Crippen MR) is 113 cm³/mol. The number of alkyl halides is 3. The van der Waals surface area contributed by atoms with Crippen LogP contribution in [0.3, 0.4) is 0 Å². The lowest BCUT2D eigenvalue weighted by Crippen LogP contribution is -2.37. The fourth-order valence-electron chi connectivity index (χ4n) is 2.55. The molecule has 0 saturated heterocycles. The molecule has 2 amide bonds. The van der Waals surface area contributed by atoms with Crippen LogP contribution in [0.25, 0.3) is 10.4 Å². The van der Waals surface area contributed by atoms with Crippen molar-refractivity contribution in [2.45, 2.75) is 11.9 Å². The van der Waals surface area contributed by atoms with Crippen LogP contribution in [0.15, 0.2) is 42.6 Å². The van der Waals surface area contributed by atoms with E-state index in [9.17, 15) is 39.6 Å². The molecule has 3 N–H and O–H groups in total.